The van der Waals surface area contributed by atoms with Crippen molar-refractivity contribution in [3.8, 4) is 0 Å². The Labute approximate surface area is 121 Å². The van der Waals surface area contributed by atoms with Crippen molar-refractivity contribution in [2.45, 2.75) is 38.5 Å². The third-order valence-electron chi connectivity index (χ3n) is 4.82. The summed E-state index contributed by atoms with van der Waals surface area (Å²) in [7, 11) is 0. The summed E-state index contributed by atoms with van der Waals surface area (Å²) >= 11 is 0. The molecule has 1 heterocycles. The molecule has 0 aromatic heterocycles. The van der Waals surface area contributed by atoms with Crippen LogP contribution in [0.3, 0.4) is 0 Å². The largest absolute Gasteiger partial charge is 0.339 e. The van der Waals surface area contributed by atoms with E-state index in [-0.39, 0.29) is 5.91 Å². The van der Waals surface area contributed by atoms with Crippen molar-refractivity contribution >= 4 is 5.91 Å². The van der Waals surface area contributed by atoms with Crippen LogP contribution in [0.2, 0.25) is 0 Å². The number of rotatable bonds is 3. The highest BCUT2D eigenvalue weighted by Gasteiger charge is 2.24. The minimum atomic E-state index is 0.214. The number of nitrogens with zero attached hydrogens (tertiary/aromatic N) is 1. The van der Waals surface area contributed by atoms with Crippen molar-refractivity contribution in [1.82, 2.24) is 4.90 Å². The van der Waals surface area contributed by atoms with Crippen LogP contribution in [-0.4, -0.2) is 30.4 Å². The van der Waals surface area contributed by atoms with Crippen LogP contribution < -0.4 is 5.73 Å². The summed E-state index contributed by atoms with van der Waals surface area (Å²) in [6, 6.07) is 6.28. The predicted molar refractivity (Wildman–Crippen MR) is 80.8 cm³/mol. The molecule has 0 saturated carbocycles. The first-order chi connectivity index (χ1) is 9.78. The number of benzene rings is 1. The molecule has 0 unspecified atom stereocenters. The van der Waals surface area contributed by atoms with Crippen molar-refractivity contribution in [1.29, 1.82) is 0 Å². The molecule has 3 nitrogen and oxygen atoms in total. The van der Waals surface area contributed by atoms with E-state index in [1.54, 1.807) is 0 Å². The normalized spacial score (nSPS) is 19.1. The van der Waals surface area contributed by atoms with Gasteiger partial charge >= 0.3 is 0 Å². The number of carbonyl (C=O) groups is 1. The Morgan fingerprint density at radius 3 is 2.70 bits per heavy atom. The first kappa shape index (κ1) is 13.6. The number of amides is 1. The van der Waals surface area contributed by atoms with Crippen molar-refractivity contribution in [3.05, 3.63) is 34.9 Å². The van der Waals surface area contributed by atoms with Crippen LogP contribution in [0.15, 0.2) is 18.2 Å². The highest BCUT2D eigenvalue weighted by atomic mass is 16.2. The zero-order chi connectivity index (χ0) is 13.9. The molecule has 1 amide bonds. The minimum absolute atomic E-state index is 0.214. The predicted octanol–water partition coefficient (Wildman–Crippen LogP) is 2.38. The zero-order valence-corrected chi connectivity index (χ0v) is 12.1. The Hall–Kier alpha value is -1.35. The first-order valence-corrected chi connectivity index (χ1v) is 7.89. The van der Waals surface area contributed by atoms with Gasteiger partial charge in [0.25, 0.3) is 5.91 Å². The third-order valence-corrected chi connectivity index (χ3v) is 4.82. The highest BCUT2D eigenvalue weighted by molar-refractivity contribution is 5.94. The Morgan fingerprint density at radius 2 is 1.95 bits per heavy atom. The molecule has 1 aliphatic heterocycles. The Kier molecular flexibility index (Phi) is 4.06. The van der Waals surface area contributed by atoms with Crippen molar-refractivity contribution in [3.63, 3.8) is 0 Å². The standard InChI is InChI=1S/C17H24N2O/c18-9-6-13-7-10-19(11-8-13)17(20)16-5-4-14-2-1-3-15(14)12-16/h4-5,12-13H,1-3,6-11,18H2. The van der Waals surface area contributed by atoms with Gasteiger partial charge in [-0.15, -0.1) is 0 Å². The number of fused-ring (bicyclic) bond motifs is 1. The first-order valence-electron chi connectivity index (χ1n) is 7.89. The van der Waals surface area contributed by atoms with Gasteiger partial charge in [0.15, 0.2) is 0 Å². The molecule has 20 heavy (non-hydrogen) atoms. The van der Waals surface area contributed by atoms with Gasteiger partial charge in [0.05, 0.1) is 0 Å². The summed E-state index contributed by atoms with van der Waals surface area (Å²) < 4.78 is 0. The van der Waals surface area contributed by atoms with Crippen LogP contribution in [0.25, 0.3) is 0 Å². The summed E-state index contributed by atoms with van der Waals surface area (Å²) in [5, 5.41) is 0. The lowest BCUT2D eigenvalue weighted by Gasteiger charge is -2.32. The van der Waals surface area contributed by atoms with E-state index >= 15 is 0 Å². The van der Waals surface area contributed by atoms with Crippen molar-refractivity contribution < 1.29 is 4.79 Å². The molecule has 0 bridgehead atoms. The SMILES string of the molecule is NCCC1CCN(C(=O)c2ccc3c(c2)CCC3)CC1. The second-order valence-corrected chi connectivity index (χ2v) is 6.15. The molecule has 1 saturated heterocycles. The quantitative estimate of drug-likeness (QED) is 0.918. The molecule has 2 N–H and O–H groups in total. The van der Waals surface area contributed by atoms with E-state index in [0.29, 0.717) is 5.92 Å². The molecule has 3 rings (SSSR count). The van der Waals surface area contributed by atoms with Gasteiger partial charge in [-0.05, 0) is 74.2 Å². The van der Waals surface area contributed by atoms with Gasteiger partial charge in [0.1, 0.15) is 0 Å². The fraction of sp³-hybridized carbons (Fsp3) is 0.588. The maximum absolute atomic E-state index is 12.6. The number of aryl methyl sites for hydroxylation is 2. The van der Waals surface area contributed by atoms with E-state index in [2.05, 4.69) is 12.1 Å². The minimum Gasteiger partial charge on any atom is -0.339 e. The number of piperidine rings is 1. The second-order valence-electron chi connectivity index (χ2n) is 6.15. The number of likely N-dealkylation sites (tertiary alicyclic amines) is 1. The van der Waals surface area contributed by atoms with Crippen LogP contribution in [0.1, 0.15) is 47.2 Å². The topological polar surface area (TPSA) is 46.3 Å². The van der Waals surface area contributed by atoms with Crippen molar-refractivity contribution in [2.75, 3.05) is 19.6 Å². The number of nitrogens with two attached hydrogens (primary N) is 1. The lowest BCUT2D eigenvalue weighted by molar-refractivity contribution is 0.0688. The van der Waals surface area contributed by atoms with E-state index in [1.165, 1.54) is 24.0 Å². The summed E-state index contributed by atoms with van der Waals surface area (Å²) in [6.07, 6.45) is 6.85. The van der Waals surface area contributed by atoms with Crippen molar-refractivity contribution in [2.24, 2.45) is 11.7 Å². The van der Waals surface area contributed by atoms with E-state index in [1.807, 2.05) is 11.0 Å². The fourth-order valence-corrected chi connectivity index (χ4v) is 3.55. The van der Waals surface area contributed by atoms with E-state index in [9.17, 15) is 4.79 Å². The summed E-state index contributed by atoms with van der Waals surface area (Å²) in [5.74, 6) is 0.926. The third kappa shape index (κ3) is 2.73. The monoisotopic (exact) mass is 272 g/mol. The molecule has 1 fully saturated rings. The zero-order valence-electron chi connectivity index (χ0n) is 12.1. The van der Waals surface area contributed by atoms with E-state index < -0.39 is 0 Å². The summed E-state index contributed by atoms with van der Waals surface area (Å²) in [5.41, 5.74) is 9.31. The van der Waals surface area contributed by atoms with E-state index in [4.69, 9.17) is 5.73 Å². The summed E-state index contributed by atoms with van der Waals surface area (Å²) in [6.45, 7) is 2.55. The molecule has 108 valence electrons. The average molecular weight is 272 g/mol. The Balaban J connectivity index is 1.65. The number of hydrogen-bond donors (Lipinski definition) is 1. The van der Waals surface area contributed by atoms with E-state index in [0.717, 1.165) is 50.9 Å². The summed E-state index contributed by atoms with van der Waals surface area (Å²) in [4.78, 5) is 14.6. The molecule has 0 atom stereocenters. The molecule has 1 aromatic rings. The van der Waals surface area contributed by atoms with Gasteiger partial charge in [0.2, 0.25) is 0 Å². The lowest BCUT2D eigenvalue weighted by Crippen LogP contribution is -2.38. The Bertz CT molecular complexity index is 490. The van der Waals surface area contributed by atoms with Crippen LogP contribution >= 0.6 is 0 Å². The van der Waals surface area contributed by atoms with Crippen LogP contribution in [0, 0.1) is 5.92 Å². The van der Waals surface area contributed by atoms with Gasteiger partial charge in [-0.25, -0.2) is 0 Å². The fourth-order valence-electron chi connectivity index (χ4n) is 3.55. The molecular formula is C17H24N2O. The smallest absolute Gasteiger partial charge is 0.253 e. The van der Waals surface area contributed by atoms with Gasteiger partial charge in [0, 0.05) is 18.7 Å². The second kappa shape index (κ2) is 5.96. The molecule has 0 spiro atoms. The van der Waals surface area contributed by atoms with Gasteiger partial charge < -0.3 is 10.6 Å². The molecule has 1 aromatic carbocycles. The molecule has 1 aliphatic carbocycles. The average Bonchev–Trinajstić information content (AvgIpc) is 2.95. The van der Waals surface area contributed by atoms with Gasteiger partial charge in [-0.3, -0.25) is 4.79 Å². The molecule has 3 heteroatoms. The van der Waals surface area contributed by atoms with Crippen LogP contribution in [0.4, 0.5) is 0 Å². The number of hydrogen-bond acceptors (Lipinski definition) is 2. The van der Waals surface area contributed by atoms with Gasteiger partial charge in [-0.1, -0.05) is 6.07 Å². The lowest BCUT2D eigenvalue weighted by atomic mass is 9.93. The van der Waals surface area contributed by atoms with Crippen LogP contribution in [-0.2, 0) is 12.8 Å². The maximum atomic E-state index is 12.6. The molecular weight excluding hydrogens is 248 g/mol. The Morgan fingerprint density at radius 1 is 1.20 bits per heavy atom. The highest BCUT2D eigenvalue weighted by Crippen LogP contribution is 2.25. The number of carbonyl (C=O) groups excluding carboxylic acids is 1. The molecule has 0 radical (unpaired) electrons. The van der Waals surface area contributed by atoms with Gasteiger partial charge in [-0.2, -0.15) is 0 Å². The molecule has 2 aliphatic rings. The maximum Gasteiger partial charge on any atom is 0.253 e. The van der Waals surface area contributed by atoms with Crippen LogP contribution in [0.5, 0.6) is 0 Å².